The molecule has 3 aromatic heterocycles. The number of aromatic amines is 1. The maximum absolute atomic E-state index is 13.0. The predicted molar refractivity (Wildman–Crippen MR) is 121 cm³/mol. The fourth-order valence-electron chi connectivity index (χ4n) is 4.68. The van der Waals surface area contributed by atoms with Gasteiger partial charge < -0.3 is 9.40 Å². The molecule has 1 fully saturated rings. The largest absolute Gasteiger partial charge is 0.467 e. The van der Waals surface area contributed by atoms with Crippen LogP contribution >= 0.6 is 0 Å². The predicted octanol–water partition coefficient (Wildman–Crippen LogP) is 3.72. The van der Waals surface area contributed by atoms with Crippen LogP contribution in [0.3, 0.4) is 0 Å². The number of benzene rings is 1. The number of nitrogens with one attached hydrogen (secondary N) is 1. The van der Waals surface area contributed by atoms with E-state index in [9.17, 15) is 4.79 Å². The van der Waals surface area contributed by atoms with Gasteiger partial charge in [-0.2, -0.15) is 0 Å². The summed E-state index contributed by atoms with van der Waals surface area (Å²) in [6.07, 6.45) is 6.34. The number of hydrogen-bond acceptors (Lipinski definition) is 6. The van der Waals surface area contributed by atoms with Crippen molar-refractivity contribution >= 4 is 10.9 Å². The minimum absolute atomic E-state index is 0.0237. The molecule has 0 atom stereocenters. The van der Waals surface area contributed by atoms with E-state index in [1.54, 1.807) is 10.9 Å². The second-order valence-corrected chi connectivity index (χ2v) is 8.77. The second-order valence-electron chi connectivity index (χ2n) is 8.77. The molecule has 0 amide bonds. The number of aromatic nitrogens is 5. The molecular weight excluding hydrogens is 404 g/mol. The van der Waals surface area contributed by atoms with Crippen molar-refractivity contribution in [2.24, 2.45) is 0 Å². The SMILES string of the molecule is Cc1ccc2cc(CN(Cc3nnnn3Cc3ccco3)C3CCCC3)c(=O)[nH]c2c1C. The zero-order valence-electron chi connectivity index (χ0n) is 18.5. The van der Waals surface area contributed by atoms with Gasteiger partial charge in [0.25, 0.3) is 5.56 Å². The Morgan fingerprint density at radius 1 is 1.19 bits per heavy atom. The lowest BCUT2D eigenvalue weighted by molar-refractivity contribution is 0.172. The maximum atomic E-state index is 13.0. The van der Waals surface area contributed by atoms with Gasteiger partial charge in [0.15, 0.2) is 5.82 Å². The topological polar surface area (TPSA) is 92.8 Å². The Morgan fingerprint density at radius 2 is 2.03 bits per heavy atom. The monoisotopic (exact) mass is 432 g/mol. The molecule has 0 radical (unpaired) electrons. The highest BCUT2D eigenvalue weighted by atomic mass is 16.3. The number of tetrazole rings is 1. The van der Waals surface area contributed by atoms with Crippen LogP contribution in [0.2, 0.25) is 0 Å². The van der Waals surface area contributed by atoms with Crippen molar-refractivity contribution in [2.75, 3.05) is 0 Å². The minimum atomic E-state index is -0.0237. The number of fused-ring (bicyclic) bond motifs is 1. The van der Waals surface area contributed by atoms with E-state index in [4.69, 9.17) is 4.42 Å². The van der Waals surface area contributed by atoms with E-state index in [0.717, 1.165) is 46.5 Å². The Bertz CT molecular complexity index is 1270. The van der Waals surface area contributed by atoms with Crippen LogP contribution in [-0.2, 0) is 19.6 Å². The quantitative estimate of drug-likeness (QED) is 0.478. The number of H-pyrrole nitrogens is 1. The molecule has 1 aromatic carbocycles. The molecule has 5 rings (SSSR count). The number of furan rings is 1. The summed E-state index contributed by atoms with van der Waals surface area (Å²) >= 11 is 0. The van der Waals surface area contributed by atoms with Gasteiger partial charge in [-0.1, -0.05) is 25.0 Å². The van der Waals surface area contributed by atoms with Crippen LogP contribution in [0, 0.1) is 13.8 Å². The van der Waals surface area contributed by atoms with Gasteiger partial charge in [0.2, 0.25) is 0 Å². The molecule has 0 unspecified atom stereocenters. The van der Waals surface area contributed by atoms with Crippen LogP contribution in [0.15, 0.2) is 45.8 Å². The van der Waals surface area contributed by atoms with Crippen molar-refractivity contribution in [1.29, 1.82) is 0 Å². The van der Waals surface area contributed by atoms with Crippen molar-refractivity contribution in [3.8, 4) is 0 Å². The average Bonchev–Trinajstić information content (AvgIpc) is 3.56. The molecule has 8 nitrogen and oxygen atoms in total. The van der Waals surface area contributed by atoms with Crippen LogP contribution in [0.4, 0.5) is 0 Å². The van der Waals surface area contributed by atoms with Gasteiger partial charge in [-0.3, -0.25) is 9.69 Å². The Kier molecular flexibility index (Phi) is 5.61. The van der Waals surface area contributed by atoms with Gasteiger partial charge in [-0.15, -0.1) is 5.10 Å². The van der Waals surface area contributed by atoms with Gasteiger partial charge in [0.1, 0.15) is 12.3 Å². The third-order valence-corrected chi connectivity index (χ3v) is 6.68. The normalized spacial score (nSPS) is 14.7. The van der Waals surface area contributed by atoms with E-state index >= 15 is 0 Å². The third kappa shape index (κ3) is 4.10. The summed E-state index contributed by atoms with van der Waals surface area (Å²) in [5, 5.41) is 13.4. The highest BCUT2D eigenvalue weighted by Gasteiger charge is 2.26. The second kappa shape index (κ2) is 8.70. The fraction of sp³-hybridized carbons (Fsp3) is 0.417. The minimum Gasteiger partial charge on any atom is -0.467 e. The summed E-state index contributed by atoms with van der Waals surface area (Å²) in [6.45, 7) is 5.76. The summed E-state index contributed by atoms with van der Waals surface area (Å²) in [4.78, 5) is 18.5. The standard InChI is InChI=1S/C24H28N6O2/c1-16-9-10-18-12-19(24(31)25-23(18)17(16)2)13-29(20-6-3-4-7-20)15-22-26-27-28-30(22)14-21-8-5-11-32-21/h5,8-12,20H,3-4,6-7,13-15H2,1-2H3,(H,25,31). The molecule has 1 saturated carbocycles. The first-order chi connectivity index (χ1) is 15.6. The molecule has 1 aliphatic carbocycles. The summed E-state index contributed by atoms with van der Waals surface area (Å²) < 4.78 is 7.24. The van der Waals surface area contributed by atoms with Crippen molar-refractivity contribution < 1.29 is 4.42 Å². The first-order valence-corrected chi connectivity index (χ1v) is 11.2. The molecule has 0 saturated heterocycles. The lowest BCUT2D eigenvalue weighted by Crippen LogP contribution is -2.35. The average molecular weight is 433 g/mol. The van der Waals surface area contributed by atoms with Crippen molar-refractivity contribution in [2.45, 2.75) is 65.2 Å². The zero-order chi connectivity index (χ0) is 22.1. The highest BCUT2D eigenvalue weighted by molar-refractivity contribution is 5.83. The Hall–Kier alpha value is -3.26. The maximum Gasteiger partial charge on any atom is 0.252 e. The molecule has 0 spiro atoms. The first-order valence-electron chi connectivity index (χ1n) is 11.2. The van der Waals surface area contributed by atoms with Crippen LogP contribution < -0.4 is 5.56 Å². The molecule has 0 bridgehead atoms. The Morgan fingerprint density at radius 3 is 2.81 bits per heavy atom. The third-order valence-electron chi connectivity index (χ3n) is 6.68. The van der Waals surface area contributed by atoms with Gasteiger partial charge >= 0.3 is 0 Å². The summed E-state index contributed by atoms with van der Waals surface area (Å²) in [7, 11) is 0. The molecule has 1 N–H and O–H groups in total. The fourth-order valence-corrected chi connectivity index (χ4v) is 4.68. The number of nitrogens with zero attached hydrogens (tertiary/aromatic N) is 5. The number of aryl methyl sites for hydroxylation is 2. The molecule has 0 aliphatic heterocycles. The van der Waals surface area contributed by atoms with E-state index in [-0.39, 0.29) is 5.56 Å². The lowest BCUT2D eigenvalue weighted by Gasteiger charge is -2.28. The van der Waals surface area contributed by atoms with Crippen molar-refractivity contribution in [3.05, 3.63) is 75.2 Å². The summed E-state index contributed by atoms with van der Waals surface area (Å²) in [6, 6.07) is 10.4. The zero-order valence-corrected chi connectivity index (χ0v) is 18.5. The summed E-state index contributed by atoms with van der Waals surface area (Å²) in [5.41, 5.74) is 3.98. The molecule has 4 aromatic rings. The molecule has 8 heteroatoms. The van der Waals surface area contributed by atoms with E-state index in [0.29, 0.717) is 25.7 Å². The smallest absolute Gasteiger partial charge is 0.252 e. The molecule has 32 heavy (non-hydrogen) atoms. The van der Waals surface area contributed by atoms with E-state index in [1.165, 1.54) is 18.4 Å². The van der Waals surface area contributed by atoms with Gasteiger partial charge in [0, 0.05) is 18.2 Å². The van der Waals surface area contributed by atoms with Crippen LogP contribution in [0.5, 0.6) is 0 Å². The number of hydrogen-bond donors (Lipinski definition) is 1. The Labute approximate surface area is 186 Å². The van der Waals surface area contributed by atoms with Gasteiger partial charge in [-0.05, 0) is 71.8 Å². The van der Waals surface area contributed by atoms with E-state index in [1.807, 2.05) is 18.2 Å². The Balaban J connectivity index is 1.44. The van der Waals surface area contributed by atoms with Gasteiger partial charge in [0.05, 0.1) is 18.3 Å². The van der Waals surface area contributed by atoms with Crippen LogP contribution in [0.1, 0.15) is 54.0 Å². The molecular formula is C24H28N6O2. The van der Waals surface area contributed by atoms with Crippen molar-refractivity contribution in [3.63, 3.8) is 0 Å². The molecule has 166 valence electrons. The lowest BCUT2D eigenvalue weighted by atomic mass is 10.0. The highest BCUT2D eigenvalue weighted by Crippen LogP contribution is 2.27. The van der Waals surface area contributed by atoms with E-state index < -0.39 is 0 Å². The molecule has 1 aliphatic rings. The van der Waals surface area contributed by atoms with E-state index in [2.05, 4.69) is 51.4 Å². The number of pyridine rings is 1. The summed E-state index contributed by atoms with van der Waals surface area (Å²) in [5.74, 6) is 1.58. The van der Waals surface area contributed by atoms with Gasteiger partial charge in [-0.25, -0.2) is 4.68 Å². The number of rotatable bonds is 7. The van der Waals surface area contributed by atoms with Crippen LogP contribution in [0.25, 0.3) is 10.9 Å². The molecule has 3 heterocycles. The van der Waals surface area contributed by atoms with Crippen LogP contribution in [-0.4, -0.2) is 36.1 Å². The van der Waals surface area contributed by atoms with Crippen molar-refractivity contribution in [1.82, 2.24) is 30.1 Å². The first kappa shape index (κ1) is 20.6.